The van der Waals surface area contributed by atoms with Crippen LogP contribution in [0, 0.1) is 6.92 Å². The van der Waals surface area contributed by atoms with Gasteiger partial charge in [-0.15, -0.1) is 10.2 Å². The Morgan fingerprint density at radius 3 is 2.77 bits per heavy atom. The Morgan fingerprint density at radius 2 is 1.97 bits per heavy atom. The van der Waals surface area contributed by atoms with E-state index in [1.807, 2.05) is 4.57 Å². The normalized spacial score (nSPS) is 16.7. The van der Waals surface area contributed by atoms with E-state index >= 15 is 0 Å². The second kappa shape index (κ2) is 10.5. The number of amides is 1. The number of nitrogens with zero attached hydrogens (tertiary/aromatic N) is 3. The Kier molecular flexibility index (Phi) is 7.54. The molecule has 1 aromatic carbocycles. The van der Waals surface area contributed by atoms with Gasteiger partial charge in [0.05, 0.1) is 5.75 Å². The third-order valence-corrected chi connectivity index (χ3v) is 7.50. The summed E-state index contributed by atoms with van der Waals surface area (Å²) in [5.41, 5.74) is 4.19. The van der Waals surface area contributed by atoms with Crippen molar-refractivity contribution in [3.63, 3.8) is 0 Å². The van der Waals surface area contributed by atoms with Gasteiger partial charge >= 0.3 is 0 Å². The highest BCUT2D eigenvalue weighted by Crippen LogP contribution is 2.31. The molecule has 0 aliphatic heterocycles. The van der Waals surface area contributed by atoms with Crippen molar-refractivity contribution < 1.29 is 9.53 Å². The van der Waals surface area contributed by atoms with E-state index in [-0.39, 0.29) is 5.91 Å². The molecule has 2 aliphatic rings. The molecule has 168 valence electrons. The maximum atomic E-state index is 12.3. The van der Waals surface area contributed by atoms with Gasteiger partial charge in [-0.25, -0.2) is 0 Å². The van der Waals surface area contributed by atoms with Crippen molar-refractivity contribution in [2.24, 2.45) is 0 Å². The van der Waals surface area contributed by atoms with Gasteiger partial charge in [0.1, 0.15) is 12.4 Å². The molecule has 31 heavy (non-hydrogen) atoms. The molecule has 2 aromatic rings. The van der Waals surface area contributed by atoms with E-state index in [9.17, 15) is 4.79 Å². The second-order valence-electron chi connectivity index (χ2n) is 8.66. The number of benzene rings is 1. The van der Waals surface area contributed by atoms with Crippen LogP contribution in [0.2, 0.25) is 0 Å². The molecule has 1 amide bonds. The summed E-state index contributed by atoms with van der Waals surface area (Å²) in [6.45, 7) is 5.37. The van der Waals surface area contributed by atoms with Crippen molar-refractivity contribution in [2.45, 2.75) is 96.0 Å². The summed E-state index contributed by atoms with van der Waals surface area (Å²) in [6.07, 6.45) is 10.8. The lowest BCUT2D eigenvalue weighted by atomic mass is 9.88. The number of rotatable bonds is 8. The van der Waals surface area contributed by atoms with E-state index in [4.69, 9.17) is 4.74 Å². The van der Waals surface area contributed by atoms with Crippen molar-refractivity contribution in [3.8, 4) is 5.75 Å². The molecule has 2 aliphatic carbocycles. The summed E-state index contributed by atoms with van der Waals surface area (Å²) in [5, 5.41) is 12.6. The summed E-state index contributed by atoms with van der Waals surface area (Å²) >= 11 is 1.45. The minimum atomic E-state index is 0.0880. The van der Waals surface area contributed by atoms with Gasteiger partial charge in [-0.1, -0.05) is 37.1 Å². The highest BCUT2D eigenvalue weighted by molar-refractivity contribution is 7.99. The van der Waals surface area contributed by atoms with Gasteiger partial charge in [0.25, 0.3) is 0 Å². The predicted octanol–water partition coefficient (Wildman–Crippen LogP) is 4.61. The van der Waals surface area contributed by atoms with E-state index in [2.05, 4.69) is 41.5 Å². The second-order valence-corrected chi connectivity index (χ2v) is 9.60. The number of aromatic nitrogens is 3. The molecule has 0 atom stereocenters. The van der Waals surface area contributed by atoms with Gasteiger partial charge in [0.2, 0.25) is 5.91 Å². The monoisotopic (exact) mass is 442 g/mol. The zero-order valence-corrected chi connectivity index (χ0v) is 19.6. The molecule has 0 saturated heterocycles. The molecule has 0 bridgehead atoms. The molecule has 1 fully saturated rings. The maximum Gasteiger partial charge on any atom is 0.230 e. The lowest BCUT2D eigenvalue weighted by Gasteiger charge is -2.22. The maximum absolute atomic E-state index is 12.3. The minimum absolute atomic E-state index is 0.0880. The fourth-order valence-corrected chi connectivity index (χ4v) is 5.62. The number of nitrogens with one attached hydrogen (secondary N) is 1. The molecule has 1 saturated carbocycles. The van der Waals surface area contributed by atoms with Crippen LogP contribution in [0.4, 0.5) is 0 Å². The van der Waals surface area contributed by atoms with E-state index < -0.39 is 0 Å². The summed E-state index contributed by atoms with van der Waals surface area (Å²) in [5.74, 6) is 2.20. The predicted molar refractivity (Wildman–Crippen MR) is 124 cm³/mol. The van der Waals surface area contributed by atoms with Crippen LogP contribution in [0.3, 0.4) is 0 Å². The molecule has 6 nitrogen and oxygen atoms in total. The Morgan fingerprint density at radius 1 is 1.16 bits per heavy atom. The number of fused-ring (bicyclic) bond motifs is 1. The smallest absolute Gasteiger partial charge is 0.230 e. The number of aryl methyl sites for hydroxylation is 1. The largest absolute Gasteiger partial charge is 0.485 e. The topological polar surface area (TPSA) is 69.0 Å². The van der Waals surface area contributed by atoms with Crippen molar-refractivity contribution in [2.75, 3.05) is 5.75 Å². The zero-order valence-electron chi connectivity index (χ0n) is 18.8. The van der Waals surface area contributed by atoms with Crippen LogP contribution in [0.1, 0.15) is 74.4 Å². The van der Waals surface area contributed by atoms with Gasteiger partial charge < -0.3 is 14.6 Å². The standard InChI is InChI=1S/C24H34N4O2S/c1-3-28-22(15-30-21-14-13-18-9-7-8-12-20(18)17(21)2)26-27-24(28)31-16-23(29)25-19-10-5-4-6-11-19/h13-14,19H,3-12,15-16H2,1-2H3,(H,25,29). The average Bonchev–Trinajstić information content (AvgIpc) is 3.20. The number of hydrogen-bond acceptors (Lipinski definition) is 5. The van der Waals surface area contributed by atoms with E-state index in [0.29, 0.717) is 18.4 Å². The molecule has 1 heterocycles. The van der Waals surface area contributed by atoms with E-state index in [1.165, 1.54) is 67.0 Å². The van der Waals surface area contributed by atoms with Gasteiger partial charge in [0.15, 0.2) is 11.0 Å². The number of thioether (sulfide) groups is 1. The first-order valence-electron chi connectivity index (χ1n) is 11.7. The van der Waals surface area contributed by atoms with Crippen molar-refractivity contribution >= 4 is 17.7 Å². The Balaban J connectivity index is 1.34. The number of ether oxygens (including phenoxy) is 1. The van der Waals surface area contributed by atoms with E-state index in [0.717, 1.165) is 42.5 Å². The Labute approximate surface area is 189 Å². The van der Waals surface area contributed by atoms with Gasteiger partial charge in [-0.05, 0) is 75.1 Å². The van der Waals surface area contributed by atoms with Gasteiger partial charge in [-0.3, -0.25) is 4.79 Å². The molecule has 0 unspecified atom stereocenters. The lowest BCUT2D eigenvalue weighted by molar-refractivity contribution is -0.119. The first-order valence-corrected chi connectivity index (χ1v) is 12.7. The number of carbonyl (C=O) groups is 1. The molecular weight excluding hydrogens is 408 g/mol. The van der Waals surface area contributed by atoms with Crippen LogP contribution in [0.25, 0.3) is 0 Å². The summed E-state index contributed by atoms with van der Waals surface area (Å²) in [7, 11) is 0. The summed E-state index contributed by atoms with van der Waals surface area (Å²) in [6, 6.07) is 4.65. The molecule has 0 radical (unpaired) electrons. The van der Waals surface area contributed by atoms with E-state index in [1.54, 1.807) is 0 Å². The van der Waals surface area contributed by atoms with Crippen LogP contribution in [-0.4, -0.2) is 32.5 Å². The SMILES string of the molecule is CCn1c(COc2ccc3c(c2C)CCCC3)nnc1SCC(=O)NC1CCCCC1. The zero-order chi connectivity index (χ0) is 21.6. The Hall–Kier alpha value is -2.02. The lowest BCUT2D eigenvalue weighted by Crippen LogP contribution is -2.37. The summed E-state index contributed by atoms with van der Waals surface area (Å²) < 4.78 is 8.21. The first-order chi connectivity index (χ1) is 15.2. The molecule has 1 aromatic heterocycles. The van der Waals surface area contributed by atoms with Crippen LogP contribution >= 0.6 is 11.8 Å². The van der Waals surface area contributed by atoms with Gasteiger partial charge in [-0.2, -0.15) is 0 Å². The van der Waals surface area contributed by atoms with Crippen LogP contribution in [0.15, 0.2) is 17.3 Å². The van der Waals surface area contributed by atoms with Gasteiger partial charge in [0, 0.05) is 12.6 Å². The third kappa shape index (κ3) is 5.43. The molecule has 1 N–H and O–H groups in total. The van der Waals surface area contributed by atoms with Crippen molar-refractivity contribution in [1.29, 1.82) is 0 Å². The van der Waals surface area contributed by atoms with Crippen LogP contribution < -0.4 is 10.1 Å². The fraction of sp³-hybridized carbons (Fsp3) is 0.625. The molecular formula is C24H34N4O2S. The van der Waals surface area contributed by atoms with Crippen LogP contribution in [0.5, 0.6) is 5.75 Å². The average molecular weight is 443 g/mol. The van der Waals surface area contributed by atoms with Crippen molar-refractivity contribution in [3.05, 3.63) is 34.6 Å². The quantitative estimate of drug-likeness (QED) is 0.605. The Bertz CT molecular complexity index is 905. The minimum Gasteiger partial charge on any atom is -0.485 e. The first kappa shape index (κ1) is 22.2. The molecule has 7 heteroatoms. The van der Waals surface area contributed by atoms with Crippen molar-refractivity contribution in [1.82, 2.24) is 20.1 Å². The third-order valence-electron chi connectivity index (χ3n) is 6.54. The summed E-state index contributed by atoms with van der Waals surface area (Å²) in [4.78, 5) is 12.3. The number of carbonyl (C=O) groups excluding carboxylic acids is 1. The highest BCUT2D eigenvalue weighted by atomic mass is 32.2. The molecule has 0 spiro atoms. The molecule has 4 rings (SSSR count). The number of hydrogen-bond donors (Lipinski definition) is 1. The highest BCUT2D eigenvalue weighted by Gasteiger charge is 2.19. The fourth-order valence-electron chi connectivity index (χ4n) is 4.79. The van der Waals surface area contributed by atoms with Crippen LogP contribution in [-0.2, 0) is 30.8 Å².